The number of hydrogen-bond donors (Lipinski definition) is 1. The first kappa shape index (κ1) is 39.4. The van der Waals surface area contributed by atoms with Gasteiger partial charge in [-0.3, -0.25) is 9.59 Å². The van der Waals surface area contributed by atoms with Gasteiger partial charge in [0.2, 0.25) is 0 Å². The maximum Gasteiger partial charge on any atom is 0.309 e. The summed E-state index contributed by atoms with van der Waals surface area (Å²) < 4.78 is 5.04. The summed E-state index contributed by atoms with van der Waals surface area (Å²) in [5, 5.41) is 9.03. The van der Waals surface area contributed by atoms with Crippen LogP contribution < -0.4 is 0 Å². The van der Waals surface area contributed by atoms with Crippen molar-refractivity contribution in [1.29, 1.82) is 0 Å². The number of carbonyl (C=O) groups is 2. The molecule has 0 saturated carbocycles. The Balaban J connectivity index is 3.35. The minimum Gasteiger partial charge on any atom is -0.481 e. The topological polar surface area (TPSA) is 63.6 Å². The molecule has 4 nitrogen and oxygen atoms in total. The molecule has 0 aliphatic carbocycles. The summed E-state index contributed by atoms with van der Waals surface area (Å²) in [7, 11) is 0. The predicted octanol–water partition coefficient (Wildman–Crippen LogP) is 11.9. The normalized spacial score (nSPS) is 12.1. The minimum atomic E-state index is -0.946. The van der Waals surface area contributed by atoms with Crippen molar-refractivity contribution >= 4 is 11.9 Å². The third-order valence-electron chi connectivity index (χ3n) is 8.16. The Morgan fingerprint density at radius 3 is 1.34 bits per heavy atom. The molecule has 0 heterocycles. The molecule has 0 bridgehead atoms. The maximum absolute atomic E-state index is 12.0. The number of allylic oxidation sites excluding steroid dienone is 2. The fraction of sp³-hybridized carbons (Fsp3) is 0.838. The molecule has 0 aliphatic heterocycles. The molecule has 0 aromatic rings. The quantitative estimate of drug-likeness (QED) is 0.0479. The lowest BCUT2D eigenvalue weighted by Crippen LogP contribution is -2.21. The molecule has 0 rings (SSSR count). The van der Waals surface area contributed by atoms with Crippen LogP contribution in [-0.2, 0) is 14.3 Å². The number of ether oxygens (including phenoxy) is 1. The van der Waals surface area contributed by atoms with E-state index in [9.17, 15) is 9.59 Å². The van der Waals surface area contributed by atoms with E-state index in [0.717, 1.165) is 19.3 Å². The molecular weight excluding hydrogens is 508 g/mol. The average Bonchev–Trinajstić information content (AvgIpc) is 2.96. The number of unbranched alkanes of at least 4 members (excludes halogenated alkanes) is 24. The van der Waals surface area contributed by atoms with Crippen LogP contribution in [-0.4, -0.2) is 23.7 Å². The number of carbonyl (C=O) groups excluding carboxylic acids is 1. The van der Waals surface area contributed by atoms with E-state index >= 15 is 0 Å². The highest BCUT2D eigenvalue weighted by Crippen LogP contribution is 2.18. The Hall–Kier alpha value is -1.58. The maximum atomic E-state index is 12.0. The van der Waals surface area contributed by atoms with Crippen molar-refractivity contribution in [1.82, 2.24) is 0 Å². The van der Waals surface area contributed by atoms with E-state index in [1.165, 1.54) is 154 Å². The lowest BCUT2D eigenvalue weighted by atomic mass is 9.97. The van der Waals surface area contributed by atoms with Gasteiger partial charge in [0.15, 0.2) is 0 Å². The van der Waals surface area contributed by atoms with Crippen LogP contribution in [0.2, 0.25) is 0 Å². The van der Waals surface area contributed by atoms with Crippen LogP contribution in [0, 0.1) is 5.92 Å². The molecule has 0 radical (unpaired) electrons. The van der Waals surface area contributed by atoms with Gasteiger partial charge in [-0.25, -0.2) is 0 Å². The van der Waals surface area contributed by atoms with E-state index in [0.29, 0.717) is 6.42 Å². The van der Waals surface area contributed by atoms with Crippen LogP contribution in [0.5, 0.6) is 0 Å². The molecule has 0 spiro atoms. The van der Waals surface area contributed by atoms with Gasteiger partial charge in [-0.15, -0.1) is 0 Å². The molecule has 0 amide bonds. The van der Waals surface area contributed by atoms with E-state index in [1.54, 1.807) is 0 Å². The molecule has 0 saturated heterocycles. The predicted molar refractivity (Wildman–Crippen MR) is 176 cm³/mol. The zero-order valence-electron chi connectivity index (χ0n) is 27.2. The first-order valence-electron chi connectivity index (χ1n) is 17.8. The van der Waals surface area contributed by atoms with Crippen molar-refractivity contribution in [2.75, 3.05) is 6.61 Å². The molecule has 1 atom stereocenters. The fourth-order valence-corrected chi connectivity index (χ4v) is 5.53. The third kappa shape index (κ3) is 31.2. The summed E-state index contributed by atoms with van der Waals surface area (Å²) in [6, 6.07) is 0. The highest BCUT2D eigenvalue weighted by molar-refractivity contribution is 5.79. The summed E-state index contributed by atoms with van der Waals surface area (Å²) in [4.78, 5) is 23.0. The molecule has 0 aliphatic rings. The van der Waals surface area contributed by atoms with Gasteiger partial charge >= 0.3 is 11.9 Å². The molecule has 4 heteroatoms. The zero-order valence-corrected chi connectivity index (χ0v) is 27.2. The number of carboxylic acid groups (broad SMARTS) is 1. The Bertz CT molecular complexity index is 612. The largest absolute Gasteiger partial charge is 0.481 e. The van der Waals surface area contributed by atoms with Gasteiger partial charge in [0, 0.05) is 0 Å². The molecule has 1 N–H and O–H groups in total. The number of hydrogen-bond acceptors (Lipinski definition) is 3. The van der Waals surface area contributed by atoms with E-state index in [4.69, 9.17) is 9.84 Å². The second-order valence-corrected chi connectivity index (χ2v) is 12.2. The Morgan fingerprint density at radius 2 is 0.976 bits per heavy atom. The molecule has 0 aromatic heterocycles. The highest BCUT2D eigenvalue weighted by atomic mass is 16.5. The van der Waals surface area contributed by atoms with Gasteiger partial charge < -0.3 is 9.84 Å². The highest BCUT2D eigenvalue weighted by Gasteiger charge is 2.22. The molecule has 0 fully saturated rings. The van der Waals surface area contributed by atoms with Gasteiger partial charge in [-0.05, 0) is 32.1 Å². The third-order valence-corrected chi connectivity index (χ3v) is 8.16. The van der Waals surface area contributed by atoms with Crippen molar-refractivity contribution in [2.24, 2.45) is 5.92 Å². The van der Waals surface area contributed by atoms with E-state index in [1.807, 2.05) is 0 Å². The molecule has 1 unspecified atom stereocenters. The lowest BCUT2D eigenvalue weighted by molar-refractivity contribution is -0.152. The van der Waals surface area contributed by atoms with Gasteiger partial charge in [-0.2, -0.15) is 0 Å². The standard InChI is InChI=1S/C37H68O4/c1-3-5-6-7-8-9-10-11-12-13-14-15-16-17-18-19-20-21-22-23-24-25-26-27-28-29-30-31-32-35(34-36(38)39)37(40)41-33-4-2/h4,23-24,35H,2-3,5-22,25-34H2,1H3,(H,38,39)/b24-23+. The summed E-state index contributed by atoms with van der Waals surface area (Å²) in [5.41, 5.74) is 0. The first-order chi connectivity index (χ1) is 20.1. The van der Waals surface area contributed by atoms with E-state index in [2.05, 4.69) is 25.7 Å². The monoisotopic (exact) mass is 577 g/mol. The summed E-state index contributed by atoms with van der Waals surface area (Å²) >= 11 is 0. The molecule has 0 aromatic carbocycles. The average molecular weight is 577 g/mol. The second-order valence-electron chi connectivity index (χ2n) is 12.2. The van der Waals surface area contributed by atoms with Gasteiger partial charge in [-0.1, -0.05) is 173 Å². The van der Waals surface area contributed by atoms with Crippen LogP contribution in [0.1, 0.15) is 187 Å². The summed E-state index contributed by atoms with van der Waals surface area (Å²) in [6.45, 7) is 5.96. The Morgan fingerprint density at radius 1 is 0.610 bits per heavy atom. The van der Waals surface area contributed by atoms with Crippen molar-refractivity contribution in [3.63, 3.8) is 0 Å². The van der Waals surface area contributed by atoms with Crippen LogP contribution in [0.25, 0.3) is 0 Å². The SMILES string of the molecule is C=CCOC(=O)C(CCCCCCCC/C=C/CCCCCCCCCCCCCCCCCCCC)CC(=O)O. The zero-order chi connectivity index (χ0) is 30.1. The van der Waals surface area contributed by atoms with Crippen molar-refractivity contribution in [3.8, 4) is 0 Å². The lowest BCUT2D eigenvalue weighted by Gasteiger charge is -2.13. The van der Waals surface area contributed by atoms with Crippen molar-refractivity contribution < 1.29 is 19.4 Å². The molecule has 41 heavy (non-hydrogen) atoms. The van der Waals surface area contributed by atoms with Gasteiger partial charge in [0.1, 0.15) is 6.61 Å². The van der Waals surface area contributed by atoms with E-state index < -0.39 is 17.9 Å². The van der Waals surface area contributed by atoms with Crippen molar-refractivity contribution in [3.05, 3.63) is 24.8 Å². The number of carboxylic acids is 1. The van der Waals surface area contributed by atoms with Crippen LogP contribution in [0.4, 0.5) is 0 Å². The van der Waals surface area contributed by atoms with Gasteiger partial charge in [0.25, 0.3) is 0 Å². The van der Waals surface area contributed by atoms with E-state index in [-0.39, 0.29) is 13.0 Å². The number of aliphatic carboxylic acids is 1. The number of rotatable bonds is 33. The molecular formula is C37H68O4. The summed E-state index contributed by atoms with van der Waals surface area (Å²) in [5.74, 6) is -1.90. The first-order valence-corrected chi connectivity index (χ1v) is 17.8. The van der Waals surface area contributed by atoms with Gasteiger partial charge in [0.05, 0.1) is 12.3 Å². The Labute approximate surface area is 255 Å². The minimum absolute atomic E-state index is 0.142. The summed E-state index contributed by atoms with van der Waals surface area (Å²) in [6.07, 6.45) is 41.5. The Kier molecular flexibility index (Phi) is 31.7. The fourth-order valence-electron chi connectivity index (χ4n) is 5.53. The smallest absolute Gasteiger partial charge is 0.309 e. The van der Waals surface area contributed by atoms with Crippen LogP contribution in [0.15, 0.2) is 24.8 Å². The second kappa shape index (κ2) is 32.9. The van der Waals surface area contributed by atoms with Crippen LogP contribution >= 0.6 is 0 Å². The van der Waals surface area contributed by atoms with Crippen LogP contribution in [0.3, 0.4) is 0 Å². The van der Waals surface area contributed by atoms with Crippen molar-refractivity contribution in [2.45, 2.75) is 187 Å². The number of esters is 1. The molecule has 240 valence electrons.